The van der Waals surface area contributed by atoms with Gasteiger partial charge in [0, 0.05) is 16.6 Å². The summed E-state index contributed by atoms with van der Waals surface area (Å²) in [5.74, 6) is 0.510. The average Bonchev–Trinajstić information content (AvgIpc) is 2.70. The lowest BCUT2D eigenvalue weighted by Gasteiger charge is -2.11. The van der Waals surface area contributed by atoms with Crippen LogP contribution in [0.3, 0.4) is 0 Å². The second-order valence-corrected chi connectivity index (χ2v) is 7.26. The highest BCUT2D eigenvalue weighted by Crippen LogP contribution is 2.17. The predicted molar refractivity (Wildman–Crippen MR) is 120 cm³/mol. The zero-order chi connectivity index (χ0) is 19.8. The summed E-state index contributed by atoms with van der Waals surface area (Å²) >= 11 is 8.58. The van der Waals surface area contributed by atoms with Crippen molar-refractivity contribution in [2.45, 2.75) is 6.42 Å². The van der Waals surface area contributed by atoms with Crippen molar-refractivity contribution in [2.75, 3.05) is 11.9 Å². The molecule has 3 rings (SSSR count). The fourth-order valence-corrected chi connectivity index (χ4v) is 3.22. The topological polar surface area (TPSA) is 50.4 Å². The third-order valence-electron chi connectivity index (χ3n) is 3.96. The molecule has 0 unspecified atom stereocenters. The molecule has 0 atom stereocenters. The fourth-order valence-electron chi connectivity index (χ4n) is 2.54. The first-order valence-electron chi connectivity index (χ1n) is 8.75. The number of carbonyl (C=O) groups is 1. The van der Waals surface area contributed by atoms with E-state index in [0.717, 1.165) is 17.9 Å². The third kappa shape index (κ3) is 5.90. The molecule has 0 fully saturated rings. The van der Waals surface area contributed by atoms with Gasteiger partial charge in [0.25, 0.3) is 5.91 Å². The molecule has 2 N–H and O–H groups in total. The maximum Gasteiger partial charge on any atom is 0.258 e. The summed E-state index contributed by atoms with van der Waals surface area (Å²) in [6, 6.07) is 24.8. The molecule has 1 amide bonds. The van der Waals surface area contributed by atoms with E-state index in [-0.39, 0.29) is 11.0 Å². The van der Waals surface area contributed by atoms with E-state index in [1.807, 2.05) is 54.6 Å². The number of thiocarbonyl (C=S) groups is 1. The monoisotopic (exact) mass is 454 g/mol. The number of halogens is 1. The van der Waals surface area contributed by atoms with Gasteiger partial charge in [-0.1, -0.05) is 42.5 Å². The molecule has 0 aliphatic rings. The smallest absolute Gasteiger partial charge is 0.258 e. The van der Waals surface area contributed by atoms with Crippen molar-refractivity contribution < 1.29 is 9.53 Å². The van der Waals surface area contributed by atoms with E-state index >= 15 is 0 Å². The molecule has 6 heteroatoms. The molecule has 0 saturated carbocycles. The Morgan fingerprint density at radius 3 is 2.32 bits per heavy atom. The number of benzene rings is 3. The minimum atomic E-state index is -0.272. The third-order valence-corrected chi connectivity index (χ3v) is 4.86. The van der Waals surface area contributed by atoms with Gasteiger partial charge in [0.2, 0.25) is 0 Å². The van der Waals surface area contributed by atoms with Gasteiger partial charge in [-0.05, 0) is 70.1 Å². The molecule has 4 nitrogen and oxygen atoms in total. The first-order chi connectivity index (χ1) is 13.6. The molecule has 0 heterocycles. The normalized spacial score (nSPS) is 10.2. The highest BCUT2D eigenvalue weighted by molar-refractivity contribution is 9.10. The quantitative estimate of drug-likeness (QED) is 0.502. The predicted octanol–water partition coefficient (Wildman–Crippen LogP) is 5.20. The number of rotatable bonds is 6. The van der Waals surface area contributed by atoms with Crippen LogP contribution < -0.4 is 15.4 Å². The Kier molecular flexibility index (Phi) is 7.17. The molecule has 3 aromatic rings. The molecule has 0 aromatic heterocycles. The average molecular weight is 455 g/mol. The van der Waals surface area contributed by atoms with Crippen molar-refractivity contribution in [2.24, 2.45) is 0 Å². The van der Waals surface area contributed by atoms with Gasteiger partial charge in [0.1, 0.15) is 5.75 Å². The molecule has 3 aromatic carbocycles. The zero-order valence-electron chi connectivity index (χ0n) is 15.0. The number of carbonyl (C=O) groups excluding carboxylic acids is 1. The number of anilines is 1. The Morgan fingerprint density at radius 1 is 0.929 bits per heavy atom. The molecule has 0 aliphatic heterocycles. The van der Waals surface area contributed by atoms with Gasteiger partial charge in [-0.25, -0.2) is 0 Å². The van der Waals surface area contributed by atoms with Crippen LogP contribution in [0.1, 0.15) is 15.9 Å². The molecule has 142 valence electrons. The lowest BCUT2D eigenvalue weighted by atomic mass is 10.2. The van der Waals surface area contributed by atoms with Crippen molar-refractivity contribution in [1.82, 2.24) is 5.32 Å². The van der Waals surface area contributed by atoms with Gasteiger partial charge in [-0.3, -0.25) is 10.1 Å². The van der Waals surface area contributed by atoms with E-state index in [9.17, 15) is 4.79 Å². The van der Waals surface area contributed by atoms with E-state index in [4.69, 9.17) is 17.0 Å². The van der Waals surface area contributed by atoms with Crippen LogP contribution in [0, 0.1) is 0 Å². The van der Waals surface area contributed by atoms with Gasteiger partial charge in [0.15, 0.2) is 5.11 Å². The molecule has 0 bridgehead atoms. The summed E-state index contributed by atoms with van der Waals surface area (Å²) in [4.78, 5) is 12.3. The number of ether oxygens (including phenoxy) is 1. The minimum Gasteiger partial charge on any atom is -0.493 e. The summed E-state index contributed by atoms with van der Waals surface area (Å²) < 4.78 is 6.48. The maximum absolute atomic E-state index is 12.3. The van der Waals surface area contributed by atoms with Crippen LogP contribution in [0.2, 0.25) is 0 Å². The molecule has 28 heavy (non-hydrogen) atoms. The largest absolute Gasteiger partial charge is 0.493 e. The number of hydrogen-bond donors (Lipinski definition) is 2. The van der Waals surface area contributed by atoms with Crippen LogP contribution in [-0.4, -0.2) is 17.6 Å². The van der Waals surface area contributed by atoms with Crippen LogP contribution in [0.15, 0.2) is 83.3 Å². The van der Waals surface area contributed by atoms with Gasteiger partial charge in [0.05, 0.1) is 12.2 Å². The Bertz CT molecular complexity index is 946. The van der Waals surface area contributed by atoms with Crippen LogP contribution in [0.4, 0.5) is 5.69 Å². The van der Waals surface area contributed by atoms with Crippen LogP contribution >= 0.6 is 28.1 Å². The lowest BCUT2D eigenvalue weighted by molar-refractivity contribution is 0.0977. The number of nitrogens with one attached hydrogen (secondary N) is 2. The molecule has 0 saturated heterocycles. The molecule has 0 aliphatic carbocycles. The molecule has 0 radical (unpaired) electrons. The van der Waals surface area contributed by atoms with Crippen LogP contribution in [0.25, 0.3) is 0 Å². The van der Waals surface area contributed by atoms with Crippen molar-refractivity contribution >= 4 is 44.9 Å². The lowest BCUT2D eigenvalue weighted by Crippen LogP contribution is -2.34. The first kappa shape index (κ1) is 20.0. The number of amides is 1. The highest BCUT2D eigenvalue weighted by Gasteiger charge is 2.10. The van der Waals surface area contributed by atoms with Crippen molar-refractivity contribution in [3.05, 3.63) is 94.5 Å². The van der Waals surface area contributed by atoms with Crippen molar-refractivity contribution in [1.29, 1.82) is 0 Å². The zero-order valence-corrected chi connectivity index (χ0v) is 17.4. The Balaban J connectivity index is 1.47. The van der Waals surface area contributed by atoms with Crippen LogP contribution in [-0.2, 0) is 6.42 Å². The number of hydrogen-bond acceptors (Lipinski definition) is 3. The minimum absolute atomic E-state index is 0.235. The van der Waals surface area contributed by atoms with Gasteiger partial charge < -0.3 is 10.1 Å². The van der Waals surface area contributed by atoms with Gasteiger partial charge in [-0.15, -0.1) is 0 Å². The standard InChI is InChI=1S/C22H19BrN2O2S/c23-20-9-5-4-8-19(20)21(26)25-22(28)24-17-10-12-18(13-11-17)27-15-14-16-6-2-1-3-7-16/h1-13H,14-15H2,(H2,24,25,26,28). The second kappa shape index (κ2) is 10.0. The van der Waals surface area contributed by atoms with Crippen molar-refractivity contribution in [3.63, 3.8) is 0 Å². The van der Waals surface area contributed by atoms with Gasteiger partial charge >= 0.3 is 0 Å². The summed E-state index contributed by atoms with van der Waals surface area (Å²) in [6.45, 7) is 0.608. The Labute approximate surface area is 178 Å². The molecular formula is C22H19BrN2O2S. The van der Waals surface area contributed by atoms with Gasteiger partial charge in [-0.2, -0.15) is 0 Å². The summed E-state index contributed by atoms with van der Waals surface area (Å²) in [5, 5.41) is 5.91. The summed E-state index contributed by atoms with van der Waals surface area (Å²) in [5.41, 5.74) is 2.54. The SMILES string of the molecule is O=C(NC(=S)Nc1ccc(OCCc2ccccc2)cc1)c1ccccc1Br. The first-order valence-corrected chi connectivity index (χ1v) is 9.95. The maximum atomic E-state index is 12.3. The van der Waals surface area contributed by atoms with E-state index < -0.39 is 0 Å². The van der Waals surface area contributed by atoms with E-state index in [1.165, 1.54) is 5.56 Å². The molecular weight excluding hydrogens is 436 g/mol. The summed E-state index contributed by atoms with van der Waals surface area (Å²) in [7, 11) is 0. The second-order valence-electron chi connectivity index (χ2n) is 6.00. The summed E-state index contributed by atoms with van der Waals surface area (Å²) in [6.07, 6.45) is 0.853. The van der Waals surface area contributed by atoms with E-state index in [2.05, 4.69) is 38.7 Å². The molecule has 0 spiro atoms. The van der Waals surface area contributed by atoms with Crippen molar-refractivity contribution in [3.8, 4) is 5.75 Å². The van der Waals surface area contributed by atoms with E-state index in [0.29, 0.717) is 16.6 Å². The Morgan fingerprint density at radius 2 is 1.61 bits per heavy atom. The Hall–Kier alpha value is -2.70. The fraction of sp³-hybridized carbons (Fsp3) is 0.0909. The van der Waals surface area contributed by atoms with E-state index in [1.54, 1.807) is 12.1 Å². The highest BCUT2D eigenvalue weighted by atomic mass is 79.9. The van der Waals surface area contributed by atoms with Crippen LogP contribution in [0.5, 0.6) is 5.75 Å².